The van der Waals surface area contributed by atoms with Crippen molar-refractivity contribution in [2.45, 2.75) is 12.3 Å². The van der Waals surface area contributed by atoms with Crippen LogP contribution < -0.4 is 4.90 Å². The zero-order chi connectivity index (χ0) is 17.4. The number of amides is 1. The first-order chi connectivity index (χ1) is 11.4. The van der Waals surface area contributed by atoms with E-state index < -0.39 is 23.0 Å². The molecule has 1 heterocycles. The van der Waals surface area contributed by atoms with Gasteiger partial charge in [-0.05, 0) is 36.2 Å². The van der Waals surface area contributed by atoms with E-state index in [0.717, 1.165) is 18.2 Å². The Balaban J connectivity index is 2.15. The second-order valence-corrected chi connectivity index (χ2v) is 6.47. The molecule has 2 aromatic rings. The van der Waals surface area contributed by atoms with Gasteiger partial charge in [0, 0.05) is 6.07 Å². The minimum atomic E-state index is -1.16. The van der Waals surface area contributed by atoms with Gasteiger partial charge in [0.1, 0.15) is 17.0 Å². The standard InChI is InChI=1S/C17H13F2NO3S/c1-9-3-2-4-13(17(22)23)15(9)20-14(21)8-24-16(20)10-5-11(18)7-12(19)6-10/h2-7,16H,8H2,1H3,(H,22,23). The van der Waals surface area contributed by atoms with E-state index in [4.69, 9.17) is 0 Å². The van der Waals surface area contributed by atoms with E-state index in [1.165, 1.54) is 22.7 Å². The molecule has 4 nitrogen and oxygen atoms in total. The lowest BCUT2D eigenvalue weighted by Gasteiger charge is -2.27. The van der Waals surface area contributed by atoms with Crippen LogP contribution in [0.3, 0.4) is 0 Å². The molecule has 1 amide bonds. The molecule has 124 valence electrons. The number of thioether (sulfide) groups is 1. The number of nitrogens with zero attached hydrogens (tertiary/aromatic N) is 1. The second kappa shape index (κ2) is 6.24. The van der Waals surface area contributed by atoms with Gasteiger partial charge < -0.3 is 5.11 Å². The monoisotopic (exact) mass is 349 g/mol. The quantitative estimate of drug-likeness (QED) is 0.917. The Morgan fingerprint density at radius 1 is 1.25 bits per heavy atom. The third-order valence-corrected chi connectivity index (χ3v) is 4.96. The van der Waals surface area contributed by atoms with Gasteiger partial charge in [0.15, 0.2) is 0 Å². The SMILES string of the molecule is Cc1cccc(C(=O)O)c1N1C(=O)CSC1c1cc(F)cc(F)c1. The molecule has 0 saturated carbocycles. The Morgan fingerprint density at radius 2 is 1.92 bits per heavy atom. The largest absolute Gasteiger partial charge is 0.478 e. The van der Waals surface area contributed by atoms with Crippen LogP contribution in [-0.4, -0.2) is 22.7 Å². The maximum absolute atomic E-state index is 13.5. The van der Waals surface area contributed by atoms with Crippen LogP contribution in [0.1, 0.15) is 26.9 Å². The van der Waals surface area contributed by atoms with Crippen LogP contribution >= 0.6 is 11.8 Å². The van der Waals surface area contributed by atoms with E-state index in [9.17, 15) is 23.5 Å². The number of carboxylic acid groups (broad SMARTS) is 1. The average Bonchev–Trinajstić information content (AvgIpc) is 2.87. The van der Waals surface area contributed by atoms with Gasteiger partial charge in [0.25, 0.3) is 0 Å². The molecule has 1 fully saturated rings. The highest BCUT2D eigenvalue weighted by Gasteiger charge is 2.37. The van der Waals surface area contributed by atoms with Crippen molar-refractivity contribution < 1.29 is 23.5 Å². The van der Waals surface area contributed by atoms with Gasteiger partial charge in [-0.15, -0.1) is 11.8 Å². The Kier molecular flexibility index (Phi) is 4.28. The van der Waals surface area contributed by atoms with E-state index in [1.807, 2.05) is 0 Å². The van der Waals surface area contributed by atoms with Crippen molar-refractivity contribution in [3.63, 3.8) is 0 Å². The fourth-order valence-corrected chi connectivity index (χ4v) is 3.92. The molecule has 7 heteroatoms. The lowest BCUT2D eigenvalue weighted by molar-refractivity contribution is -0.115. The van der Waals surface area contributed by atoms with Crippen molar-refractivity contribution in [3.05, 3.63) is 64.7 Å². The molecule has 1 aliphatic rings. The van der Waals surface area contributed by atoms with E-state index in [1.54, 1.807) is 19.1 Å². The predicted molar refractivity (Wildman–Crippen MR) is 87.2 cm³/mol. The van der Waals surface area contributed by atoms with Crippen molar-refractivity contribution in [3.8, 4) is 0 Å². The molecular formula is C17H13F2NO3S. The van der Waals surface area contributed by atoms with E-state index in [0.29, 0.717) is 5.56 Å². The summed E-state index contributed by atoms with van der Waals surface area (Å²) < 4.78 is 27.1. The number of para-hydroxylation sites is 1. The van der Waals surface area contributed by atoms with E-state index >= 15 is 0 Å². The number of carbonyl (C=O) groups is 2. The molecule has 0 bridgehead atoms. The van der Waals surface area contributed by atoms with Gasteiger partial charge in [-0.25, -0.2) is 13.6 Å². The Morgan fingerprint density at radius 3 is 2.54 bits per heavy atom. The van der Waals surface area contributed by atoms with Crippen LogP contribution in [0, 0.1) is 18.6 Å². The zero-order valence-corrected chi connectivity index (χ0v) is 13.4. The molecule has 1 aliphatic heterocycles. The number of hydrogen-bond acceptors (Lipinski definition) is 3. The van der Waals surface area contributed by atoms with Gasteiger partial charge in [0.05, 0.1) is 17.0 Å². The summed E-state index contributed by atoms with van der Waals surface area (Å²) in [7, 11) is 0. The van der Waals surface area contributed by atoms with Crippen LogP contribution in [0.2, 0.25) is 0 Å². The third kappa shape index (κ3) is 2.87. The number of carboxylic acids is 1. The second-order valence-electron chi connectivity index (χ2n) is 5.41. The highest BCUT2D eigenvalue weighted by molar-refractivity contribution is 8.00. The summed E-state index contributed by atoms with van der Waals surface area (Å²) in [5.74, 6) is -2.84. The van der Waals surface area contributed by atoms with E-state index in [2.05, 4.69) is 0 Å². The predicted octanol–water partition coefficient (Wildman–Crippen LogP) is 3.75. The van der Waals surface area contributed by atoms with Gasteiger partial charge in [-0.1, -0.05) is 12.1 Å². The number of aryl methyl sites for hydroxylation is 1. The molecule has 1 saturated heterocycles. The number of carbonyl (C=O) groups excluding carboxylic acids is 1. The molecule has 0 aliphatic carbocycles. The Bertz CT molecular complexity index is 820. The first-order valence-electron chi connectivity index (χ1n) is 7.11. The fraction of sp³-hybridized carbons (Fsp3) is 0.176. The normalized spacial score (nSPS) is 17.4. The molecule has 1 N–H and O–H groups in total. The lowest BCUT2D eigenvalue weighted by Crippen LogP contribution is -2.30. The molecule has 1 unspecified atom stereocenters. The smallest absolute Gasteiger partial charge is 0.337 e. The number of benzene rings is 2. The summed E-state index contributed by atoms with van der Waals surface area (Å²) in [4.78, 5) is 25.2. The molecule has 1 atom stereocenters. The van der Waals surface area contributed by atoms with Crippen molar-refractivity contribution >= 4 is 29.3 Å². The van der Waals surface area contributed by atoms with Crippen LogP contribution in [0.4, 0.5) is 14.5 Å². The topological polar surface area (TPSA) is 57.6 Å². The van der Waals surface area contributed by atoms with Gasteiger partial charge in [0.2, 0.25) is 5.91 Å². The Hall–Kier alpha value is -2.41. The summed E-state index contributed by atoms with van der Waals surface area (Å²) in [6.45, 7) is 1.70. The molecule has 0 aromatic heterocycles. The zero-order valence-electron chi connectivity index (χ0n) is 12.6. The summed E-state index contributed by atoms with van der Waals surface area (Å²) in [5.41, 5.74) is 1.12. The maximum atomic E-state index is 13.5. The van der Waals surface area contributed by atoms with Crippen LogP contribution in [-0.2, 0) is 4.79 Å². The van der Waals surface area contributed by atoms with Crippen molar-refractivity contribution in [1.82, 2.24) is 0 Å². The molecular weight excluding hydrogens is 336 g/mol. The van der Waals surface area contributed by atoms with Crippen molar-refractivity contribution in [1.29, 1.82) is 0 Å². The molecule has 24 heavy (non-hydrogen) atoms. The lowest BCUT2D eigenvalue weighted by atomic mass is 10.1. The number of aromatic carboxylic acids is 1. The average molecular weight is 349 g/mol. The number of hydrogen-bond donors (Lipinski definition) is 1. The highest BCUT2D eigenvalue weighted by atomic mass is 32.2. The number of halogens is 2. The summed E-state index contributed by atoms with van der Waals surface area (Å²) in [5, 5.41) is 8.74. The first-order valence-corrected chi connectivity index (χ1v) is 8.16. The first kappa shape index (κ1) is 16.4. The van der Waals surface area contributed by atoms with Crippen LogP contribution in [0.5, 0.6) is 0 Å². The fourth-order valence-electron chi connectivity index (χ4n) is 2.78. The van der Waals surface area contributed by atoms with E-state index in [-0.39, 0.29) is 28.5 Å². The summed E-state index contributed by atoms with van der Waals surface area (Å²) in [6, 6.07) is 7.76. The van der Waals surface area contributed by atoms with Gasteiger partial charge in [-0.3, -0.25) is 9.69 Å². The maximum Gasteiger partial charge on any atom is 0.337 e. The minimum absolute atomic E-state index is 0.0206. The summed E-state index contributed by atoms with van der Waals surface area (Å²) in [6.07, 6.45) is 0. The van der Waals surface area contributed by atoms with Crippen LogP contribution in [0.25, 0.3) is 0 Å². The minimum Gasteiger partial charge on any atom is -0.478 e. The van der Waals surface area contributed by atoms with Crippen LogP contribution in [0.15, 0.2) is 36.4 Å². The molecule has 0 spiro atoms. The molecule has 0 radical (unpaired) electrons. The van der Waals surface area contributed by atoms with Crippen molar-refractivity contribution in [2.75, 3.05) is 10.7 Å². The number of rotatable bonds is 3. The highest BCUT2D eigenvalue weighted by Crippen LogP contribution is 2.44. The van der Waals surface area contributed by atoms with Crippen molar-refractivity contribution in [2.24, 2.45) is 0 Å². The molecule has 2 aromatic carbocycles. The number of anilines is 1. The third-order valence-electron chi connectivity index (χ3n) is 3.75. The molecule has 3 rings (SSSR count). The Labute approximate surface area is 141 Å². The summed E-state index contributed by atoms with van der Waals surface area (Å²) >= 11 is 1.20. The van der Waals surface area contributed by atoms with Gasteiger partial charge in [-0.2, -0.15) is 0 Å². The van der Waals surface area contributed by atoms with Gasteiger partial charge >= 0.3 is 5.97 Å².